The third-order valence-electron chi connectivity index (χ3n) is 2.85. The molecule has 1 saturated carbocycles. The molecule has 1 fully saturated rings. The first-order chi connectivity index (χ1) is 7.31. The van der Waals surface area contributed by atoms with E-state index in [-0.39, 0.29) is 5.57 Å². The van der Waals surface area contributed by atoms with Crippen molar-refractivity contribution in [3.8, 4) is 12.1 Å². The maximum atomic E-state index is 8.93. The number of hydrogen-bond donors (Lipinski definition) is 0. The molecule has 1 unspecified atom stereocenters. The van der Waals surface area contributed by atoms with Crippen molar-refractivity contribution in [3.63, 3.8) is 0 Å². The second kappa shape index (κ2) is 3.96. The average molecular weight is 214 g/mol. The van der Waals surface area contributed by atoms with Crippen molar-refractivity contribution < 1.29 is 0 Å². The molecule has 0 radical (unpaired) electrons. The quantitative estimate of drug-likeness (QED) is 0.582. The first kappa shape index (κ1) is 10.1. The molecule has 0 amide bonds. The second-order valence-corrected chi connectivity index (χ2v) is 4.50. The van der Waals surface area contributed by atoms with Gasteiger partial charge >= 0.3 is 0 Å². The number of thioether (sulfide) groups is 1. The highest BCUT2D eigenvalue weighted by atomic mass is 32.2. The lowest BCUT2D eigenvalue weighted by Crippen LogP contribution is -1.94. The Labute approximate surface area is 93.6 Å². The Morgan fingerprint density at radius 2 is 2.27 bits per heavy atom. The number of allylic oxidation sites excluding steroid dienone is 5. The topological polar surface area (TPSA) is 47.6 Å². The minimum atomic E-state index is 0.263. The van der Waals surface area contributed by atoms with Gasteiger partial charge in [0.25, 0.3) is 0 Å². The normalized spacial score (nSPS) is 25.8. The average Bonchev–Trinajstić information content (AvgIpc) is 2.81. The van der Waals surface area contributed by atoms with Gasteiger partial charge in [-0.25, -0.2) is 0 Å². The third-order valence-corrected chi connectivity index (χ3v) is 3.86. The van der Waals surface area contributed by atoms with Crippen LogP contribution in [0.3, 0.4) is 0 Å². The first-order valence-corrected chi connectivity index (χ1v) is 5.88. The second-order valence-electron chi connectivity index (χ2n) is 3.60. The number of hydrogen-bond acceptors (Lipinski definition) is 3. The maximum Gasteiger partial charge on any atom is 0.137 e. The van der Waals surface area contributed by atoms with Crippen LogP contribution in [0.4, 0.5) is 0 Å². The molecule has 1 atom stereocenters. The van der Waals surface area contributed by atoms with Gasteiger partial charge in [-0.1, -0.05) is 6.08 Å². The lowest BCUT2D eigenvalue weighted by atomic mass is 10.00. The van der Waals surface area contributed by atoms with Crippen LogP contribution < -0.4 is 0 Å². The van der Waals surface area contributed by atoms with Crippen molar-refractivity contribution in [1.82, 2.24) is 0 Å². The molecule has 0 aromatic carbocycles. The minimum Gasteiger partial charge on any atom is -0.192 e. The number of rotatable bonds is 0. The molecule has 2 aliphatic rings. The molecule has 2 rings (SSSR count). The molecule has 0 aromatic rings. The fourth-order valence-corrected chi connectivity index (χ4v) is 3.24. The van der Waals surface area contributed by atoms with Crippen LogP contribution in [0.5, 0.6) is 0 Å². The van der Waals surface area contributed by atoms with Crippen molar-refractivity contribution in [2.24, 2.45) is 5.92 Å². The van der Waals surface area contributed by atoms with Crippen LogP contribution >= 0.6 is 11.8 Å². The Kier molecular flexibility index (Phi) is 2.66. The first-order valence-electron chi connectivity index (χ1n) is 4.84. The zero-order valence-corrected chi connectivity index (χ0v) is 9.27. The summed E-state index contributed by atoms with van der Waals surface area (Å²) in [7, 11) is 0. The molecule has 0 aromatic heterocycles. The van der Waals surface area contributed by atoms with Crippen molar-refractivity contribution in [1.29, 1.82) is 10.5 Å². The molecule has 15 heavy (non-hydrogen) atoms. The molecule has 0 spiro atoms. The van der Waals surface area contributed by atoms with E-state index in [0.29, 0.717) is 5.92 Å². The molecule has 0 bridgehead atoms. The Morgan fingerprint density at radius 3 is 2.87 bits per heavy atom. The van der Waals surface area contributed by atoms with Gasteiger partial charge in [-0.3, -0.25) is 0 Å². The summed E-state index contributed by atoms with van der Waals surface area (Å²) in [6.07, 6.45) is 3.01. The van der Waals surface area contributed by atoms with Crippen LogP contribution in [-0.2, 0) is 0 Å². The van der Waals surface area contributed by atoms with Gasteiger partial charge in [-0.2, -0.15) is 10.5 Å². The van der Waals surface area contributed by atoms with E-state index in [9.17, 15) is 0 Å². The number of nitriles is 2. The molecular formula is C12H10N2S. The Balaban J connectivity index is 2.59. The predicted molar refractivity (Wildman–Crippen MR) is 60.7 cm³/mol. The molecule has 1 aliphatic heterocycles. The summed E-state index contributed by atoms with van der Waals surface area (Å²) in [4.78, 5) is 0. The van der Waals surface area contributed by atoms with Crippen LogP contribution in [0.25, 0.3) is 0 Å². The maximum absolute atomic E-state index is 8.93. The Morgan fingerprint density at radius 1 is 1.53 bits per heavy atom. The molecule has 2 nitrogen and oxygen atoms in total. The van der Waals surface area contributed by atoms with Crippen molar-refractivity contribution in [3.05, 3.63) is 33.8 Å². The minimum absolute atomic E-state index is 0.263. The van der Waals surface area contributed by atoms with Crippen LogP contribution in [-0.4, -0.2) is 5.75 Å². The van der Waals surface area contributed by atoms with Gasteiger partial charge in [0.1, 0.15) is 17.7 Å². The van der Waals surface area contributed by atoms with Gasteiger partial charge in [0, 0.05) is 11.3 Å². The summed E-state index contributed by atoms with van der Waals surface area (Å²) >= 11 is 1.78. The van der Waals surface area contributed by atoms with E-state index in [0.717, 1.165) is 23.3 Å². The number of nitrogens with zero attached hydrogens (tertiary/aromatic N) is 2. The molecule has 0 N–H and O–H groups in total. The summed E-state index contributed by atoms with van der Waals surface area (Å²) in [5.41, 5.74) is 3.52. The van der Waals surface area contributed by atoms with E-state index in [2.05, 4.69) is 5.41 Å². The van der Waals surface area contributed by atoms with Gasteiger partial charge in [0.2, 0.25) is 0 Å². The van der Waals surface area contributed by atoms with E-state index >= 15 is 0 Å². The molecule has 3 heteroatoms. The molecule has 74 valence electrons. The van der Waals surface area contributed by atoms with Crippen LogP contribution in [0.15, 0.2) is 33.8 Å². The van der Waals surface area contributed by atoms with Crippen LogP contribution in [0.1, 0.15) is 13.3 Å². The summed E-state index contributed by atoms with van der Waals surface area (Å²) in [6, 6.07) is 4.00. The third kappa shape index (κ3) is 1.50. The summed E-state index contributed by atoms with van der Waals surface area (Å²) in [5.74, 6) is 1.60. The van der Waals surface area contributed by atoms with E-state index in [4.69, 9.17) is 10.5 Å². The van der Waals surface area contributed by atoms with E-state index < -0.39 is 0 Å². The SMILES string of the molecule is C/C=C1\CC2CSC=C2C1=C(C#N)C#N. The number of fused-ring (bicyclic) bond motifs is 1. The fourth-order valence-electron chi connectivity index (χ4n) is 2.13. The summed E-state index contributed by atoms with van der Waals surface area (Å²) in [6.45, 7) is 1.97. The highest BCUT2D eigenvalue weighted by molar-refractivity contribution is 8.02. The fraction of sp³-hybridized carbons (Fsp3) is 0.333. The monoisotopic (exact) mass is 214 g/mol. The highest BCUT2D eigenvalue weighted by Gasteiger charge is 2.34. The lowest BCUT2D eigenvalue weighted by molar-refractivity contribution is 0.765. The van der Waals surface area contributed by atoms with Crippen molar-refractivity contribution in [2.75, 3.05) is 5.75 Å². The zero-order chi connectivity index (χ0) is 10.8. The predicted octanol–water partition coefficient (Wildman–Crippen LogP) is 2.93. The van der Waals surface area contributed by atoms with Crippen LogP contribution in [0, 0.1) is 28.6 Å². The van der Waals surface area contributed by atoms with Crippen LogP contribution in [0.2, 0.25) is 0 Å². The molecule has 1 heterocycles. The molecule has 1 aliphatic carbocycles. The Hall–Kier alpha value is -1.45. The summed E-state index contributed by atoms with van der Waals surface area (Å²) in [5, 5.41) is 20.0. The van der Waals surface area contributed by atoms with E-state index in [1.807, 2.05) is 25.1 Å². The summed E-state index contributed by atoms with van der Waals surface area (Å²) < 4.78 is 0. The van der Waals surface area contributed by atoms with Gasteiger partial charge < -0.3 is 0 Å². The van der Waals surface area contributed by atoms with Gasteiger partial charge in [-0.15, -0.1) is 11.8 Å². The van der Waals surface area contributed by atoms with Crippen molar-refractivity contribution in [2.45, 2.75) is 13.3 Å². The van der Waals surface area contributed by atoms with Gasteiger partial charge in [0.05, 0.1) is 0 Å². The zero-order valence-electron chi connectivity index (χ0n) is 8.45. The van der Waals surface area contributed by atoms with E-state index in [1.54, 1.807) is 11.8 Å². The van der Waals surface area contributed by atoms with E-state index in [1.165, 1.54) is 5.57 Å². The lowest BCUT2D eigenvalue weighted by Gasteiger charge is -2.00. The van der Waals surface area contributed by atoms with Crippen molar-refractivity contribution >= 4 is 11.8 Å². The van der Waals surface area contributed by atoms with Gasteiger partial charge in [0.15, 0.2) is 0 Å². The molecular weight excluding hydrogens is 204 g/mol. The van der Waals surface area contributed by atoms with Gasteiger partial charge in [-0.05, 0) is 35.8 Å². The highest BCUT2D eigenvalue weighted by Crippen LogP contribution is 2.48. The standard InChI is InChI=1S/C12H10N2S/c1-2-8-3-9-6-15-7-11(9)12(8)10(4-13)5-14/h2,7,9H,3,6H2,1H3/b8-2+. The largest absolute Gasteiger partial charge is 0.192 e. The Bertz CT molecular complexity index is 453. The smallest absolute Gasteiger partial charge is 0.137 e. The molecule has 0 saturated heterocycles.